The normalized spacial score (nSPS) is 12.9. The van der Waals surface area contributed by atoms with E-state index < -0.39 is 12.6 Å². The van der Waals surface area contributed by atoms with Crippen molar-refractivity contribution in [3.8, 4) is 28.3 Å². The number of hydrogen-bond acceptors (Lipinski definition) is 5. The minimum Gasteiger partial charge on any atom is -0.546 e. The monoisotopic (exact) mass is 473 g/mol. The molecule has 1 aliphatic carbocycles. The predicted molar refractivity (Wildman–Crippen MR) is 129 cm³/mol. The molecule has 35 heavy (non-hydrogen) atoms. The summed E-state index contributed by atoms with van der Waals surface area (Å²) in [5.41, 5.74) is 6.37. The number of carbonyl (C=O) groups excluding carboxylic acids is 1. The van der Waals surface area contributed by atoms with Crippen LogP contribution < -0.4 is 39.4 Å². The Morgan fingerprint density at radius 3 is 2.34 bits per heavy atom. The Kier molecular flexibility index (Phi) is 8.24. The van der Waals surface area contributed by atoms with Gasteiger partial charge in [0.1, 0.15) is 18.1 Å². The number of nitrogens with zero attached hydrogens (tertiary/aromatic N) is 1. The Labute approximate surface area is 226 Å². The maximum atomic E-state index is 10.7. The number of allylic oxidation sites excluding steroid dienone is 2. The molecular weight excluding hydrogens is 449 g/mol. The number of hydrogen-bond donors (Lipinski definition) is 0. The number of oxazole rings is 1. The number of carbonyl (C=O) groups is 1. The number of aromatic nitrogens is 1. The smallest absolute Gasteiger partial charge is 0.546 e. The first-order valence-corrected chi connectivity index (χ1v) is 11.4. The van der Waals surface area contributed by atoms with Gasteiger partial charge in [-0.15, -0.1) is 0 Å². The fourth-order valence-corrected chi connectivity index (χ4v) is 4.42. The summed E-state index contributed by atoms with van der Waals surface area (Å²) >= 11 is 0. The molecular formula is C29H24NNaO4. The zero-order valence-corrected chi connectivity index (χ0v) is 21.7. The molecule has 0 fully saturated rings. The number of carboxylic acids is 1. The van der Waals surface area contributed by atoms with Crippen LogP contribution in [0.2, 0.25) is 0 Å². The van der Waals surface area contributed by atoms with Gasteiger partial charge in [-0.25, -0.2) is 4.98 Å². The Balaban J connectivity index is 0.00000289. The molecule has 5 rings (SSSR count). The molecule has 5 nitrogen and oxygen atoms in total. The van der Waals surface area contributed by atoms with E-state index in [1.807, 2.05) is 66.7 Å². The zero-order chi connectivity index (χ0) is 23.3. The zero-order valence-electron chi connectivity index (χ0n) is 19.7. The summed E-state index contributed by atoms with van der Waals surface area (Å²) in [7, 11) is 0. The van der Waals surface area contributed by atoms with Crippen LogP contribution in [0, 0.1) is 0 Å². The molecule has 0 unspecified atom stereocenters. The van der Waals surface area contributed by atoms with Crippen LogP contribution in [-0.2, 0) is 11.2 Å². The summed E-state index contributed by atoms with van der Waals surface area (Å²) in [6.07, 6.45) is 3.68. The number of aliphatic carboxylic acids is 1. The topological polar surface area (TPSA) is 75.4 Å². The van der Waals surface area contributed by atoms with Crippen LogP contribution in [0.1, 0.15) is 30.7 Å². The maximum Gasteiger partial charge on any atom is 1.00 e. The summed E-state index contributed by atoms with van der Waals surface area (Å²) in [5, 5.41) is 10.7. The van der Waals surface area contributed by atoms with Crippen LogP contribution in [0.25, 0.3) is 28.2 Å². The van der Waals surface area contributed by atoms with E-state index >= 15 is 0 Å². The predicted octanol–water partition coefficient (Wildman–Crippen LogP) is 2.32. The molecule has 0 N–H and O–H groups in total. The Bertz CT molecular complexity index is 1270. The van der Waals surface area contributed by atoms with Crippen molar-refractivity contribution in [2.45, 2.75) is 25.7 Å². The quantitative estimate of drug-likeness (QED) is 0.367. The summed E-state index contributed by atoms with van der Waals surface area (Å²) in [6, 6.07) is 27.7. The van der Waals surface area contributed by atoms with Crippen molar-refractivity contribution in [1.82, 2.24) is 4.98 Å². The molecule has 170 valence electrons. The first kappa shape index (κ1) is 25.0. The van der Waals surface area contributed by atoms with Crippen molar-refractivity contribution in [2.24, 2.45) is 0 Å². The standard InChI is InChI=1S/C29H25NO4.Na/c31-26(32)19-33-24-15-7-9-20(18-24)17-23-14-8-16-25(23)29-30-27(21-10-3-1-4-11-21)28(34-29)22-12-5-2-6-13-22;/h1-7,9-13,15,18H,8,14,16-17,19H2,(H,31,32);/q;+1/p-1. The summed E-state index contributed by atoms with van der Waals surface area (Å²) in [5.74, 6) is 0.738. The SMILES string of the molecule is O=C([O-])COc1cccc(CC2=C(c3nc(-c4ccccc4)c(-c4ccccc4)o3)CCC2)c1.[Na+]. The molecule has 0 atom stereocenters. The van der Waals surface area contributed by atoms with Gasteiger partial charge in [-0.3, -0.25) is 0 Å². The summed E-state index contributed by atoms with van der Waals surface area (Å²) < 4.78 is 11.7. The molecule has 1 aromatic heterocycles. The second-order valence-electron chi connectivity index (χ2n) is 8.35. The van der Waals surface area contributed by atoms with Crippen LogP contribution >= 0.6 is 0 Å². The third-order valence-electron chi connectivity index (χ3n) is 5.97. The van der Waals surface area contributed by atoms with Gasteiger partial charge in [0.15, 0.2) is 5.76 Å². The number of rotatable bonds is 8. The number of ether oxygens (including phenoxy) is 1. The van der Waals surface area contributed by atoms with Crippen molar-refractivity contribution < 1.29 is 48.6 Å². The third kappa shape index (κ3) is 5.93. The molecule has 3 aromatic carbocycles. The molecule has 0 aliphatic heterocycles. The van der Waals surface area contributed by atoms with E-state index in [0.29, 0.717) is 11.6 Å². The van der Waals surface area contributed by atoms with E-state index in [4.69, 9.17) is 14.1 Å². The molecule has 0 saturated carbocycles. The number of benzene rings is 3. The van der Waals surface area contributed by atoms with Crippen molar-refractivity contribution in [3.63, 3.8) is 0 Å². The molecule has 0 saturated heterocycles. The molecule has 1 heterocycles. The Morgan fingerprint density at radius 1 is 0.914 bits per heavy atom. The van der Waals surface area contributed by atoms with Crippen molar-refractivity contribution in [2.75, 3.05) is 6.61 Å². The van der Waals surface area contributed by atoms with Crippen LogP contribution in [0.4, 0.5) is 0 Å². The Hall–Kier alpha value is -3.12. The van der Waals surface area contributed by atoms with Gasteiger partial charge in [-0.1, -0.05) is 78.4 Å². The van der Waals surface area contributed by atoms with Crippen molar-refractivity contribution in [3.05, 3.63) is 102 Å². The van der Waals surface area contributed by atoms with Crippen LogP contribution in [0.3, 0.4) is 0 Å². The van der Waals surface area contributed by atoms with Gasteiger partial charge in [-0.2, -0.15) is 0 Å². The average Bonchev–Trinajstić information content (AvgIpc) is 3.51. The van der Waals surface area contributed by atoms with E-state index in [2.05, 4.69) is 12.1 Å². The van der Waals surface area contributed by atoms with Crippen LogP contribution in [0.5, 0.6) is 5.75 Å². The molecule has 6 heteroatoms. The summed E-state index contributed by atoms with van der Waals surface area (Å²) in [4.78, 5) is 15.7. The third-order valence-corrected chi connectivity index (χ3v) is 5.97. The van der Waals surface area contributed by atoms with E-state index in [-0.39, 0.29) is 29.6 Å². The van der Waals surface area contributed by atoms with Gasteiger partial charge >= 0.3 is 29.6 Å². The second kappa shape index (κ2) is 11.5. The minimum atomic E-state index is -1.24. The molecule has 4 aromatic rings. The largest absolute Gasteiger partial charge is 1.00 e. The minimum absolute atomic E-state index is 0. The summed E-state index contributed by atoms with van der Waals surface area (Å²) in [6.45, 7) is -0.460. The van der Waals surface area contributed by atoms with Crippen LogP contribution in [-0.4, -0.2) is 17.6 Å². The molecule has 0 spiro atoms. The van der Waals surface area contributed by atoms with E-state index in [1.165, 1.54) is 5.57 Å². The van der Waals surface area contributed by atoms with Crippen molar-refractivity contribution >= 4 is 11.5 Å². The van der Waals surface area contributed by atoms with E-state index in [1.54, 1.807) is 6.07 Å². The van der Waals surface area contributed by atoms with Crippen LogP contribution in [0.15, 0.2) is 94.9 Å². The fraction of sp³-hybridized carbons (Fsp3) is 0.172. The molecule has 0 amide bonds. The van der Waals surface area contributed by atoms with Gasteiger partial charge in [-0.05, 0) is 43.4 Å². The van der Waals surface area contributed by atoms with E-state index in [0.717, 1.165) is 59.4 Å². The first-order valence-electron chi connectivity index (χ1n) is 11.4. The fourth-order valence-electron chi connectivity index (χ4n) is 4.42. The first-order chi connectivity index (χ1) is 16.7. The maximum absolute atomic E-state index is 10.7. The van der Waals surface area contributed by atoms with Gasteiger partial charge in [0.25, 0.3) is 0 Å². The second-order valence-corrected chi connectivity index (χ2v) is 8.35. The molecule has 1 aliphatic rings. The van der Waals surface area contributed by atoms with Gasteiger partial charge < -0.3 is 19.1 Å². The van der Waals surface area contributed by atoms with Gasteiger partial charge in [0.05, 0.1) is 5.97 Å². The number of carboxylic acid groups (broad SMARTS) is 1. The van der Waals surface area contributed by atoms with Gasteiger partial charge in [0, 0.05) is 16.7 Å². The molecule has 0 radical (unpaired) electrons. The Morgan fingerprint density at radius 2 is 1.63 bits per heavy atom. The average molecular weight is 474 g/mol. The molecule has 0 bridgehead atoms. The van der Waals surface area contributed by atoms with Gasteiger partial charge in [0.2, 0.25) is 5.89 Å². The van der Waals surface area contributed by atoms with E-state index in [9.17, 15) is 9.90 Å². The van der Waals surface area contributed by atoms with Crippen molar-refractivity contribution in [1.29, 1.82) is 0 Å².